The van der Waals surface area contributed by atoms with Crippen molar-refractivity contribution in [3.05, 3.63) is 53.1 Å². The lowest BCUT2D eigenvalue weighted by atomic mass is 10.2. The van der Waals surface area contributed by atoms with Crippen molar-refractivity contribution in [3.63, 3.8) is 0 Å². The average Bonchev–Trinajstić information content (AvgIpc) is 2.54. The third-order valence-electron chi connectivity index (χ3n) is 3.09. The number of amides is 1. The standard InChI is InChI=1S/C16H13ClF3NO5S/c1-2-25-15(22)21-10-4-3-5-11(8-10)26-27(23,24)12-6-7-14(17)13(9-12)16(18,19)20/h3-9H,2H2,1H3,(H,21,22). The Balaban J connectivity index is 2.28. The monoisotopic (exact) mass is 423 g/mol. The molecular weight excluding hydrogens is 411 g/mol. The quantitative estimate of drug-likeness (QED) is 0.705. The zero-order valence-electron chi connectivity index (χ0n) is 13.7. The summed E-state index contributed by atoms with van der Waals surface area (Å²) in [7, 11) is -4.57. The maximum atomic E-state index is 12.9. The van der Waals surface area contributed by atoms with Crippen molar-refractivity contribution in [1.82, 2.24) is 0 Å². The van der Waals surface area contributed by atoms with E-state index in [0.717, 1.165) is 12.1 Å². The minimum atomic E-state index is -4.83. The van der Waals surface area contributed by atoms with Crippen LogP contribution < -0.4 is 9.50 Å². The molecule has 2 rings (SSSR count). The first-order chi connectivity index (χ1) is 12.5. The molecule has 1 N–H and O–H groups in total. The molecular formula is C16H13ClF3NO5S. The molecule has 0 aliphatic rings. The molecule has 0 aromatic heterocycles. The van der Waals surface area contributed by atoms with Crippen LogP contribution >= 0.6 is 11.6 Å². The van der Waals surface area contributed by atoms with Gasteiger partial charge in [0.2, 0.25) is 0 Å². The molecule has 0 heterocycles. The first-order valence-electron chi connectivity index (χ1n) is 7.38. The second-order valence-corrected chi connectivity index (χ2v) is 7.00. The molecule has 0 spiro atoms. The minimum Gasteiger partial charge on any atom is -0.450 e. The molecule has 6 nitrogen and oxygen atoms in total. The molecule has 27 heavy (non-hydrogen) atoms. The smallest absolute Gasteiger partial charge is 0.417 e. The van der Waals surface area contributed by atoms with Crippen molar-refractivity contribution >= 4 is 33.5 Å². The van der Waals surface area contributed by atoms with Crippen molar-refractivity contribution in [3.8, 4) is 5.75 Å². The number of nitrogens with one attached hydrogen (secondary N) is 1. The van der Waals surface area contributed by atoms with Crippen molar-refractivity contribution in [2.45, 2.75) is 18.0 Å². The lowest BCUT2D eigenvalue weighted by Crippen LogP contribution is -2.14. The number of benzene rings is 2. The maximum Gasteiger partial charge on any atom is 0.417 e. The van der Waals surface area contributed by atoms with Crippen molar-refractivity contribution in [2.24, 2.45) is 0 Å². The molecule has 0 unspecified atom stereocenters. The van der Waals surface area contributed by atoms with E-state index in [2.05, 4.69) is 10.1 Å². The Bertz CT molecular complexity index is 947. The number of carbonyl (C=O) groups excluding carboxylic acids is 1. The van der Waals surface area contributed by atoms with Crippen LogP contribution in [0.4, 0.5) is 23.7 Å². The average molecular weight is 424 g/mol. The zero-order valence-corrected chi connectivity index (χ0v) is 15.3. The van der Waals surface area contributed by atoms with E-state index >= 15 is 0 Å². The van der Waals surface area contributed by atoms with Crippen molar-refractivity contribution in [2.75, 3.05) is 11.9 Å². The van der Waals surface area contributed by atoms with E-state index in [1.54, 1.807) is 6.92 Å². The first kappa shape index (κ1) is 20.8. The molecule has 0 saturated carbocycles. The molecule has 2 aromatic rings. The molecule has 0 radical (unpaired) electrons. The third kappa shape index (κ3) is 5.51. The van der Waals surface area contributed by atoms with Gasteiger partial charge in [-0.2, -0.15) is 21.6 Å². The zero-order chi connectivity index (χ0) is 20.2. The van der Waals surface area contributed by atoms with Gasteiger partial charge in [0.05, 0.1) is 17.2 Å². The van der Waals surface area contributed by atoms with E-state index in [1.165, 1.54) is 24.3 Å². The van der Waals surface area contributed by atoms with E-state index in [-0.39, 0.29) is 18.0 Å². The van der Waals surface area contributed by atoms with Gasteiger partial charge in [-0.25, -0.2) is 4.79 Å². The number of hydrogen-bond acceptors (Lipinski definition) is 5. The fourth-order valence-corrected chi connectivity index (χ4v) is 3.14. The summed E-state index contributed by atoms with van der Waals surface area (Å²) in [5.74, 6) is -0.215. The molecule has 2 aromatic carbocycles. The van der Waals surface area contributed by atoms with E-state index in [9.17, 15) is 26.4 Å². The second kappa shape index (κ2) is 8.05. The van der Waals surface area contributed by atoms with Crippen molar-refractivity contribution in [1.29, 1.82) is 0 Å². The Hall–Kier alpha value is -2.46. The Kier molecular flexibility index (Phi) is 6.22. The Morgan fingerprint density at radius 2 is 1.89 bits per heavy atom. The van der Waals surface area contributed by atoms with Gasteiger partial charge in [0.25, 0.3) is 0 Å². The maximum absolute atomic E-state index is 12.9. The summed E-state index contributed by atoms with van der Waals surface area (Å²) in [6.45, 7) is 1.74. The SMILES string of the molecule is CCOC(=O)Nc1cccc(OS(=O)(=O)c2ccc(Cl)c(C(F)(F)F)c2)c1. The fraction of sp³-hybridized carbons (Fsp3) is 0.188. The lowest BCUT2D eigenvalue weighted by molar-refractivity contribution is -0.137. The molecule has 0 aliphatic carbocycles. The third-order valence-corrected chi connectivity index (χ3v) is 4.67. The number of carbonyl (C=O) groups is 1. The highest BCUT2D eigenvalue weighted by molar-refractivity contribution is 7.87. The second-order valence-electron chi connectivity index (χ2n) is 5.05. The number of anilines is 1. The number of rotatable bonds is 5. The van der Waals surface area contributed by atoms with Crippen LogP contribution in [0.2, 0.25) is 5.02 Å². The van der Waals surface area contributed by atoms with Crippen LogP contribution in [0.3, 0.4) is 0 Å². The van der Waals surface area contributed by atoms with Crippen LogP contribution in [-0.4, -0.2) is 21.1 Å². The number of ether oxygens (including phenoxy) is 1. The molecule has 0 bridgehead atoms. The predicted molar refractivity (Wildman–Crippen MR) is 91.4 cm³/mol. The summed E-state index contributed by atoms with van der Waals surface area (Å²) in [6.07, 6.45) is -5.59. The van der Waals surface area contributed by atoms with Gasteiger partial charge in [0.15, 0.2) is 0 Å². The van der Waals surface area contributed by atoms with Crippen LogP contribution in [0.25, 0.3) is 0 Å². The molecule has 1 amide bonds. The number of alkyl halides is 3. The molecule has 0 saturated heterocycles. The summed E-state index contributed by atoms with van der Waals surface area (Å²) in [4.78, 5) is 10.7. The van der Waals surface area contributed by atoms with Crippen LogP contribution in [0, 0.1) is 0 Å². The van der Waals surface area contributed by atoms with Crippen LogP contribution in [0.5, 0.6) is 5.75 Å². The Labute approximate surface area is 158 Å². The topological polar surface area (TPSA) is 81.7 Å². The van der Waals surface area contributed by atoms with Crippen LogP contribution in [0.1, 0.15) is 12.5 Å². The van der Waals surface area contributed by atoms with Crippen LogP contribution in [-0.2, 0) is 21.0 Å². The summed E-state index contributed by atoms with van der Waals surface area (Å²) >= 11 is 5.48. The highest BCUT2D eigenvalue weighted by Crippen LogP contribution is 2.36. The fourth-order valence-electron chi connectivity index (χ4n) is 1.96. The molecule has 11 heteroatoms. The van der Waals surface area contributed by atoms with Gasteiger partial charge in [-0.15, -0.1) is 0 Å². The lowest BCUT2D eigenvalue weighted by Gasteiger charge is -2.12. The summed E-state index contributed by atoms with van der Waals surface area (Å²) in [5, 5.41) is 1.71. The normalized spacial score (nSPS) is 11.7. The Morgan fingerprint density at radius 3 is 2.52 bits per heavy atom. The van der Waals surface area contributed by atoms with Gasteiger partial charge in [-0.1, -0.05) is 17.7 Å². The summed E-state index contributed by atoms with van der Waals surface area (Å²) < 4.78 is 72.8. The van der Waals surface area contributed by atoms with Crippen LogP contribution in [0.15, 0.2) is 47.4 Å². The summed E-state index contributed by atoms with van der Waals surface area (Å²) in [5.41, 5.74) is -1.13. The molecule has 0 atom stereocenters. The van der Waals surface area contributed by atoms with Gasteiger partial charge in [0.1, 0.15) is 10.6 Å². The van der Waals surface area contributed by atoms with E-state index in [4.69, 9.17) is 15.8 Å². The molecule has 146 valence electrons. The van der Waals surface area contributed by atoms with Gasteiger partial charge in [0, 0.05) is 11.8 Å². The largest absolute Gasteiger partial charge is 0.450 e. The van der Waals surface area contributed by atoms with Gasteiger partial charge in [-0.3, -0.25) is 5.32 Å². The van der Waals surface area contributed by atoms with E-state index in [0.29, 0.717) is 6.07 Å². The molecule has 0 aliphatic heterocycles. The van der Waals surface area contributed by atoms with E-state index < -0.39 is 37.9 Å². The first-order valence-corrected chi connectivity index (χ1v) is 9.16. The molecule has 0 fully saturated rings. The van der Waals surface area contributed by atoms with Gasteiger partial charge >= 0.3 is 22.4 Å². The number of halogens is 4. The van der Waals surface area contributed by atoms with E-state index in [1.807, 2.05) is 0 Å². The highest BCUT2D eigenvalue weighted by Gasteiger charge is 2.34. The highest BCUT2D eigenvalue weighted by atomic mass is 35.5. The minimum absolute atomic E-state index is 0.133. The van der Waals surface area contributed by atoms with Gasteiger partial charge < -0.3 is 8.92 Å². The van der Waals surface area contributed by atoms with Gasteiger partial charge in [-0.05, 0) is 37.3 Å². The van der Waals surface area contributed by atoms with Crippen molar-refractivity contribution < 1.29 is 35.3 Å². The number of hydrogen-bond donors (Lipinski definition) is 1. The summed E-state index contributed by atoms with van der Waals surface area (Å²) in [6, 6.07) is 7.37. The predicted octanol–water partition coefficient (Wildman–Crippen LogP) is 4.69. The Morgan fingerprint density at radius 1 is 1.19 bits per heavy atom.